The molecule has 1 heterocycles. The zero-order valence-corrected chi connectivity index (χ0v) is 15.0. The Morgan fingerprint density at radius 3 is 2.58 bits per heavy atom. The van der Waals surface area contributed by atoms with Gasteiger partial charge in [0, 0.05) is 16.5 Å². The molecular weight excluding hydrogens is 342 g/mol. The van der Waals surface area contributed by atoms with Gasteiger partial charge in [-0.05, 0) is 54.1 Å². The number of aromatic nitrogens is 1. The Labute approximate surface area is 156 Å². The number of hydrogen-bond donors (Lipinski definition) is 0. The summed E-state index contributed by atoms with van der Waals surface area (Å²) in [5, 5.41) is 3.56. The molecule has 0 saturated heterocycles. The third-order valence-corrected chi connectivity index (χ3v) is 4.70. The first-order valence-electron chi connectivity index (χ1n) is 8.38. The van der Waals surface area contributed by atoms with Gasteiger partial charge in [0.25, 0.3) is 0 Å². The molecule has 1 aromatic heterocycles. The smallest absolute Gasteiger partial charge is 0.185 e. The topological polar surface area (TPSA) is 30.0 Å². The number of aryl methyl sites for hydroxylation is 1. The van der Waals surface area contributed by atoms with Crippen LogP contribution in [0.3, 0.4) is 0 Å². The van der Waals surface area contributed by atoms with Gasteiger partial charge in [0.05, 0.1) is 5.52 Å². The normalized spacial score (nSPS) is 11.5. The molecule has 2 nitrogen and oxygen atoms in total. The molecule has 0 aliphatic carbocycles. The maximum atomic E-state index is 12.5. The molecule has 0 atom stereocenters. The van der Waals surface area contributed by atoms with Crippen molar-refractivity contribution in [2.24, 2.45) is 0 Å². The van der Waals surface area contributed by atoms with Crippen molar-refractivity contribution in [1.29, 1.82) is 0 Å². The molecule has 4 rings (SSSR count). The van der Waals surface area contributed by atoms with Gasteiger partial charge in [-0.15, -0.1) is 0 Å². The Morgan fingerprint density at radius 1 is 0.923 bits per heavy atom. The van der Waals surface area contributed by atoms with E-state index in [-0.39, 0.29) is 5.78 Å². The van der Waals surface area contributed by atoms with E-state index < -0.39 is 0 Å². The van der Waals surface area contributed by atoms with Crippen molar-refractivity contribution < 1.29 is 4.79 Å². The minimum Gasteiger partial charge on any atom is -0.289 e. The molecule has 0 amide bonds. The van der Waals surface area contributed by atoms with Crippen LogP contribution in [-0.2, 0) is 0 Å². The second-order valence-corrected chi connectivity index (χ2v) is 6.68. The largest absolute Gasteiger partial charge is 0.289 e. The number of carbonyl (C=O) groups excluding carboxylic acids is 1. The molecule has 3 heteroatoms. The molecule has 0 unspecified atom stereocenters. The lowest BCUT2D eigenvalue weighted by atomic mass is 10.0. The molecule has 0 fully saturated rings. The van der Waals surface area contributed by atoms with Crippen LogP contribution in [0.25, 0.3) is 27.8 Å². The first kappa shape index (κ1) is 16.5. The van der Waals surface area contributed by atoms with E-state index in [1.54, 1.807) is 12.2 Å². The second kappa shape index (κ2) is 6.74. The number of halogens is 1. The van der Waals surface area contributed by atoms with Gasteiger partial charge < -0.3 is 0 Å². The van der Waals surface area contributed by atoms with Crippen molar-refractivity contribution in [3.8, 4) is 0 Å². The Morgan fingerprint density at radius 2 is 1.73 bits per heavy atom. The lowest BCUT2D eigenvalue weighted by Gasteiger charge is -2.04. The summed E-state index contributed by atoms with van der Waals surface area (Å²) in [6.07, 6.45) is 3.28. The minimum absolute atomic E-state index is 0.0591. The standard InChI is InChI=1S/C23H16ClNO/c1-15-6-10-21-20(12-15)14-19(23(24)25-21)9-11-22(26)18-8-7-16-4-2-3-5-17(16)13-18/h2-14H,1H3/b11-9+. The number of hydrogen-bond acceptors (Lipinski definition) is 2. The van der Waals surface area contributed by atoms with Crippen LogP contribution in [0.1, 0.15) is 21.5 Å². The van der Waals surface area contributed by atoms with E-state index in [0.29, 0.717) is 10.7 Å². The first-order chi connectivity index (χ1) is 12.6. The van der Waals surface area contributed by atoms with E-state index in [9.17, 15) is 4.79 Å². The lowest BCUT2D eigenvalue weighted by molar-refractivity contribution is 0.104. The average Bonchev–Trinajstić information content (AvgIpc) is 2.66. The van der Waals surface area contributed by atoms with Crippen LogP contribution in [0.4, 0.5) is 0 Å². The Bertz CT molecular complexity index is 1180. The third-order valence-electron chi connectivity index (χ3n) is 4.40. The van der Waals surface area contributed by atoms with Gasteiger partial charge in [-0.2, -0.15) is 0 Å². The van der Waals surface area contributed by atoms with E-state index >= 15 is 0 Å². The fourth-order valence-electron chi connectivity index (χ4n) is 3.01. The van der Waals surface area contributed by atoms with Crippen molar-refractivity contribution in [1.82, 2.24) is 4.98 Å². The summed E-state index contributed by atoms with van der Waals surface area (Å²) in [6, 6.07) is 21.7. The number of benzene rings is 3. The minimum atomic E-state index is -0.0591. The first-order valence-corrected chi connectivity index (χ1v) is 8.76. The third kappa shape index (κ3) is 3.24. The molecule has 26 heavy (non-hydrogen) atoms. The number of ketones is 1. The molecule has 0 N–H and O–H groups in total. The van der Waals surface area contributed by atoms with E-state index in [1.807, 2.05) is 67.6 Å². The van der Waals surface area contributed by atoms with Crippen LogP contribution < -0.4 is 0 Å². The van der Waals surface area contributed by atoms with Gasteiger partial charge in [-0.1, -0.05) is 59.6 Å². The van der Waals surface area contributed by atoms with Crippen LogP contribution in [0.15, 0.2) is 72.8 Å². The number of carbonyl (C=O) groups is 1. The maximum Gasteiger partial charge on any atom is 0.185 e. The average molecular weight is 358 g/mol. The summed E-state index contributed by atoms with van der Waals surface area (Å²) in [6.45, 7) is 2.03. The molecular formula is C23H16ClNO. The summed E-state index contributed by atoms with van der Waals surface area (Å²) < 4.78 is 0. The van der Waals surface area contributed by atoms with Gasteiger partial charge in [-0.25, -0.2) is 4.98 Å². The number of allylic oxidation sites excluding steroid dienone is 1. The molecule has 3 aromatic carbocycles. The van der Waals surface area contributed by atoms with Crippen molar-refractivity contribution in [3.05, 3.63) is 94.6 Å². The summed E-state index contributed by atoms with van der Waals surface area (Å²) in [7, 11) is 0. The van der Waals surface area contributed by atoms with Gasteiger partial charge >= 0.3 is 0 Å². The fourth-order valence-corrected chi connectivity index (χ4v) is 3.22. The van der Waals surface area contributed by atoms with Crippen molar-refractivity contribution in [3.63, 3.8) is 0 Å². The van der Waals surface area contributed by atoms with Crippen molar-refractivity contribution >= 4 is 45.1 Å². The monoisotopic (exact) mass is 357 g/mol. The highest BCUT2D eigenvalue weighted by molar-refractivity contribution is 6.31. The fraction of sp³-hybridized carbons (Fsp3) is 0.0435. The number of pyridine rings is 1. The summed E-state index contributed by atoms with van der Waals surface area (Å²) >= 11 is 6.28. The second-order valence-electron chi connectivity index (χ2n) is 6.32. The summed E-state index contributed by atoms with van der Waals surface area (Å²) in [4.78, 5) is 17.0. The van der Waals surface area contributed by atoms with Gasteiger partial charge in [0.2, 0.25) is 0 Å². The highest BCUT2D eigenvalue weighted by Gasteiger charge is 2.06. The van der Waals surface area contributed by atoms with Crippen molar-refractivity contribution in [2.75, 3.05) is 0 Å². The van der Waals surface area contributed by atoms with Crippen molar-refractivity contribution in [2.45, 2.75) is 6.92 Å². The zero-order chi connectivity index (χ0) is 18.1. The zero-order valence-electron chi connectivity index (χ0n) is 14.2. The van der Waals surface area contributed by atoms with Crippen LogP contribution in [0.2, 0.25) is 5.15 Å². The molecule has 0 radical (unpaired) electrons. The Hall–Kier alpha value is -2.97. The van der Waals surface area contributed by atoms with E-state index in [4.69, 9.17) is 11.6 Å². The highest BCUT2D eigenvalue weighted by atomic mass is 35.5. The summed E-state index contributed by atoms with van der Waals surface area (Å²) in [5.41, 5.74) is 3.39. The molecule has 0 aliphatic heterocycles. The van der Waals surface area contributed by atoms with Crippen LogP contribution in [0.5, 0.6) is 0 Å². The molecule has 0 bridgehead atoms. The Balaban J connectivity index is 1.67. The Kier molecular flexibility index (Phi) is 4.27. The lowest BCUT2D eigenvalue weighted by Crippen LogP contribution is -1.94. The quantitative estimate of drug-likeness (QED) is 0.246. The summed E-state index contributed by atoms with van der Waals surface area (Å²) in [5.74, 6) is -0.0591. The van der Waals surface area contributed by atoms with E-state index in [2.05, 4.69) is 11.1 Å². The van der Waals surface area contributed by atoms with Crippen LogP contribution >= 0.6 is 11.6 Å². The van der Waals surface area contributed by atoms with Gasteiger partial charge in [-0.3, -0.25) is 4.79 Å². The molecule has 0 spiro atoms. The number of nitrogens with zero attached hydrogens (tertiary/aromatic N) is 1. The number of rotatable bonds is 3. The number of fused-ring (bicyclic) bond motifs is 2. The van der Waals surface area contributed by atoms with Crippen LogP contribution in [-0.4, -0.2) is 10.8 Å². The maximum absolute atomic E-state index is 12.5. The highest BCUT2D eigenvalue weighted by Crippen LogP contribution is 2.23. The van der Waals surface area contributed by atoms with Crippen LogP contribution in [0, 0.1) is 6.92 Å². The predicted octanol–water partition coefficient (Wildman–Crippen LogP) is 6.25. The van der Waals surface area contributed by atoms with Gasteiger partial charge in [0.15, 0.2) is 5.78 Å². The molecule has 0 saturated carbocycles. The van der Waals surface area contributed by atoms with E-state index in [0.717, 1.165) is 32.8 Å². The van der Waals surface area contributed by atoms with Gasteiger partial charge in [0.1, 0.15) is 5.15 Å². The SMILES string of the molecule is Cc1ccc2nc(Cl)c(/C=C/C(=O)c3ccc4ccccc4c3)cc2c1. The molecule has 4 aromatic rings. The molecule has 126 valence electrons. The molecule has 0 aliphatic rings. The van der Waals surface area contributed by atoms with E-state index in [1.165, 1.54) is 0 Å². The predicted molar refractivity (Wildman–Crippen MR) is 109 cm³/mol.